The van der Waals surface area contributed by atoms with Gasteiger partial charge in [0.2, 0.25) is 0 Å². The lowest BCUT2D eigenvalue weighted by Gasteiger charge is -2.35. The normalized spacial score (nSPS) is 22.1. The molecule has 0 amide bonds. The van der Waals surface area contributed by atoms with Gasteiger partial charge in [-0.3, -0.25) is 4.68 Å². The predicted octanol–water partition coefficient (Wildman–Crippen LogP) is 3.69. The molecule has 0 radical (unpaired) electrons. The molecule has 3 nitrogen and oxygen atoms in total. The molecule has 0 spiro atoms. The van der Waals surface area contributed by atoms with Gasteiger partial charge in [0.1, 0.15) is 5.60 Å². The summed E-state index contributed by atoms with van der Waals surface area (Å²) in [6.07, 6.45) is 4.27. The number of hydrogen-bond acceptors (Lipinski definition) is 2. The number of aromatic nitrogens is 2. The molecule has 106 valence electrons. The van der Waals surface area contributed by atoms with Crippen LogP contribution in [-0.2, 0) is 12.0 Å². The molecule has 1 aromatic heterocycles. The Kier molecular flexibility index (Phi) is 3.35. The van der Waals surface area contributed by atoms with Crippen molar-refractivity contribution in [2.75, 3.05) is 0 Å². The molecule has 4 heteroatoms. The fraction of sp³-hybridized carbons (Fsp3) is 0.438. The lowest BCUT2D eigenvalue weighted by molar-refractivity contribution is 0.0510. The largest absolute Gasteiger partial charge is 0.379 e. The SMILES string of the molecule is CC(C)n1ncc(Cl)c1C1(O)CCCc2ccccc21. The van der Waals surface area contributed by atoms with Crippen molar-refractivity contribution >= 4 is 11.6 Å². The van der Waals surface area contributed by atoms with E-state index >= 15 is 0 Å². The van der Waals surface area contributed by atoms with Crippen molar-refractivity contribution in [3.63, 3.8) is 0 Å². The van der Waals surface area contributed by atoms with Gasteiger partial charge in [-0.1, -0.05) is 35.9 Å². The molecule has 1 heterocycles. The molecule has 3 rings (SSSR count). The van der Waals surface area contributed by atoms with Crippen LogP contribution >= 0.6 is 11.6 Å². The van der Waals surface area contributed by atoms with Crippen molar-refractivity contribution in [2.24, 2.45) is 0 Å². The second-order valence-electron chi connectivity index (χ2n) is 5.75. The Balaban J connectivity index is 2.22. The van der Waals surface area contributed by atoms with E-state index in [4.69, 9.17) is 11.6 Å². The maximum Gasteiger partial charge on any atom is 0.133 e. The van der Waals surface area contributed by atoms with Crippen LogP contribution in [0.25, 0.3) is 0 Å². The van der Waals surface area contributed by atoms with Crippen molar-refractivity contribution in [1.29, 1.82) is 0 Å². The molecule has 1 N–H and O–H groups in total. The van der Waals surface area contributed by atoms with Crippen LogP contribution in [0.1, 0.15) is 49.6 Å². The predicted molar refractivity (Wildman–Crippen MR) is 80.0 cm³/mol. The van der Waals surface area contributed by atoms with Crippen LogP contribution in [0.5, 0.6) is 0 Å². The molecule has 0 bridgehead atoms. The Labute approximate surface area is 124 Å². The van der Waals surface area contributed by atoms with E-state index in [1.807, 2.05) is 36.7 Å². The van der Waals surface area contributed by atoms with E-state index in [1.54, 1.807) is 6.20 Å². The van der Waals surface area contributed by atoms with Crippen molar-refractivity contribution in [3.05, 3.63) is 52.3 Å². The Hall–Kier alpha value is -1.32. The van der Waals surface area contributed by atoms with E-state index in [1.165, 1.54) is 5.56 Å². The third-order valence-corrected chi connectivity index (χ3v) is 4.36. The van der Waals surface area contributed by atoms with Gasteiger partial charge in [0, 0.05) is 6.04 Å². The summed E-state index contributed by atoms with van der Waals surface area (Å²) in [5.41, 5.74) is 1.86. The van der Waals surface area contributed by atoms with Crippen LogP contribution in [0.2, 0.25) is 5.02 Å². The van der Waals surface area contributed by atoms with Gasteiger partial charge in [-0.2, -0.15) is 5.10 Å². The molecule has 0 saturated carbocycles. The first-order valence-electron chi connectivity index (χ1n) is 7.08. The summed E-state index contributed by atoms with van der Waals surface area (Å²) in [4.78, 5) is 0. The van der Waals surface area contributed by atoms with Gasteiger partial charge >= 0.3 is 0 Å². The zero-order valence-corrected chi connectivity index (χ0v) is 12.6. The molecule has 0 aliphatic heterocycles. The van der Waals surface area contributed by atoms with Gasteiger partial charge in [-0.15, -0.1) is 0 Å². The highest BCUT2D eigenvalue weighted by Gasteiger charge is 2.40. The Bertz CT molecular complexity index is 635. The summed E-state index contributed by atoms with van der Waals surface area (Å²) in [5.74, 6) is 0. The quantitative estimate of drug-likeness (QED) is 0.916. The molecule has 1 unspecified atom stereocenters. The van der Waals surface area contributed by atoms with Gasteiger partial charge in [-0.25, -0.2) is 0 Å². The van der Waals surface area contributed by atoms with Crippen molar-refractivity contribution in [2.45, 2.75) is 44.8 Å². The second-order valence-corrected chi connectivity index (χ2v) is 6.16. The number of benzene rings is 1. The number of hydrogen-bond donors (Lipinski definition) is 1. The lowest BCUT2D eigenvalue weighted by atomic mass is 9.77. The first-order valence-corrected chi connectivity index (χ1v) is 7.46. The number of aryl methyl sites for hydroxylation is 1. The molecule has 2 aromatic rings. The highest BCUT2D eigenvalue weighted by atomic mass is 35.5. The monoisotopic (exact) mass is 290 g/mol. The molecule has 1 aliphatic carbocycles. The summed E-state index contributed by atoms with van der Waals surface area (Å²) >= 11 is 6.34. The van der Waals surface area contributed by atoms with E-state index in [0.29, 0.717) is 11.4 Å². The van der Waals surface area contributed by atoms with Gasteiger partial charge in [-0.05, 0) is 44.2 Å². The fourth-order valence-electron chi connectivity index (χ4n) is 3.18. The highest BCUT2D eigenvalue weighted by Crippen LogP contribution is 2.43. The van der Waals surface area contributed by atoms with Crippen molar-refractivity contribution < 1.29 is 5.11 Å². The molecule has 20 heavy (non-hydrogen) atoms. The lowest BCUT2D eigenvalue weighted by Crippen LogP contribution is -2.35. The number of nitrogens with zero attached hydrogens (tertiary/aromatic N) is 2. The summed E-state index contributed by atoms with van der Waals surface area (Å²) < 4.78 is 1.84. The molecular formula is C16H19ClN2O. The first-order chi connectivity index (χ1) is 9.54. The van der Waals surface area contributed by atoms with Crippen LogP contribution in [0.3, 0.4) is 0 Å². The van der Waals surface area contributed by atoms with Gasteiger partial charge in [0.25, 0.3) is 0 Å². The summed E-state index contributed by atoms with van der Waals surface area (Å²) in [7, 11) is 0. The van der Waals surface area contributed by atoms with Crippen LogP contribution in [0.4, 0.5) is 0 Å². The number of halogens is 1. The molecule has 1 aromatic carbocycles. The minimum atomic E-state index is -1.04. The molecule has 1 aliphatic rings. The fourth-order valence-corrected chi connectivity index (χ4v) is 3.46. The van der Waals surface area contributed by atoms with Crippen LogP contribution in [0, 0.1) is 0 Å². The highest BCUT2D eigenvalue weighted by molar-refractivity contribution is 6.31. The Morgan fingerprint density at radius 1 is 1.35 bits per heavy atom. The smallest absolute Gasteiger partial charge is 0.133 e. The van der Waals surface area contributed by atoms with E-state index < -0.39 is 5.60 Å². The standard InChI is InChI=1S/C16H19ClN2O/c1-11(2)19-15(14(17)10-18-19)16(20)9-5-7-12-6-3-4-8-13(12)16/h3-4,6,8,10-11,20H,5,7,9H2,1-2H3. The van der Waals surface area contributed by atoms with Crippen LogP contribution in [0.15, 0.2) is 30.5 Å². The van der Waals surface area contributed by atoms with Gasteiger partial charge in [0.15, 0.2) is 0 Å². The Morgan fingerprint density at radius 2 is 2.10 bits per heavy atom. The third-order valence-electron chi connectivity index (χ3n) is 4.08. The minimum absolute atomic E-state index is 0.163. The van der Waals surface area contributed by atoms with Gasteiger partial charge in [0.05, 0.1) is 16.9 Å². The zero-order chi connectivity index (χ0) is 14.3. The van der Waals surface area contributed by atoms with Crippen molar-refractivity contribution in [1.82, 2.24) is 9.78 Å². The number of rotatable bonds is 2. The van der Waals surface area contributed by atoms with E-state index in [9.17, 15) is 5.11 Å². The topological polar surface area (TPSA) is 38.0 Å². The maximum absolute atomic E-state index is 11.3. The van der Waals surface area contributed by atoms with Crippen LogP contribution < -0.4 is 0 Å². The van der Waals surface area contributed by atoms with E-state index in [0.717, 1.165) is 24.1 Å². The van der Waals surface area contributed by atoms with Crippen molar-refractivity contribution in [3.8, 4) is 0 Å². The first kappa shape index (κ1) is 13.7. The summed E-state index contributed by atoms with van der Waals surface area (Å²) in [6, 6.07) is 8.24. The summed E-state index contributed by atoms with van der Waals surface area (Å²) in [5, 5.41) is 16.2. The molecule has 0 fully saturated rings. The summed E-state index contributed by atoms with van der Waals surface area (Å²) in [6.45, 7) is 4.09. The Morgan fingerprint density at radius 3 is 2.85 bits per heavy atom. The molecular weight excluding hydrogens is 272 g/mol. The second kappa shape index (κ2) is 4.90. The third kappa shape index (κ3) is 1.97. The van der Waals surface area contributed by atoms with Gasteiger partial charge < -0.3 is 5.11 Å². The maximum atomic E-state index is 11.3. The average Bonchev–Trinajstić information content (AvgIpc) is 2.82. The van der Waals surface area contributed by atoms with E-state index in [-0.39, 0.29) is 6.04 Å². The number of fused-ring (bicyclic) bond motifs is 1. The minimum Gasteiger partial charge on any atom is -0.379 e. The molecule has 0 saturated heterocycles. The van der Waals surface area contributed by atoms with Crippen LogP contribution in [-0.4, -0.2) is 14.9 Å². The van der Waals surface area contributed by atoms with E-state index in [2.05, 4.69) is 11.2 Å². The number of aliphatic hydroxyl groups is 1. The zero-order valence-electron chi connectivity index (χ0n) is 11.8. The molecule has 1 atom stereocenters. The average molecular weight is 291 g/mol.